The van der Waals surface area contributed by atoms with Crippen molar-refractivity contribution < 1.29 is 31.1 Å². The molecule has 13 heteroatoms. The summed E-state index contributed by atoms with van der Waals surface area (Å²) >= 11 is 0. The number of pyridine rings is 1. The fraction of sp³-hybridized carbons (Fsp3) is 0.111. The number of rotatable bonds is 9. The molecule has 2 heterocycles. The molecule has 0 atom stereocenters. The monoisotopic (exact) mass is 580 g/mol. The van der Waals surface area contributed by atoms with Crippen molar-refractivity contribution in [1.82, 2.24) is 4.98 Å². The van der Waals surface area contributed by atoms with Crippen LogP contribution in [0.1, 0.15) is 0 Å². The van der Waals surface area contributed by atoms with E-state index in [4.69, 9.17) is 9.47 Å². The zero-order valence-electron chi connectivity index (χ0n) is 20.9. The molecule has 206 valence electrons. The van der Waals surface area contributed by atoms with Crippen LogP contribution in [0.2, 0.25) is 0 Å². The van der Waals surface area contributed by atoms with Crippen molar-refractivity contribution in [3.63, 3.8) is 0 Å². The number of aromatic nitrogens is 1. The van der Waals surface area contributed by atoms with Crippen LogP contribution in [0.5, 0.6) is 11.5 Å². The largest absolute Gasteiger partial charge is 0.486 e. The van der Waals surface area contributed by atoms with Gasteiger partial charge in [-0.15, -0.1) is 0 Å². The SMILES string of the molecule is O=C(CN(c1ccc2c(c1)OCCO2)S(=O)(=O)c1ccccc1)Nc1ccc(S(=O)(=O)Nc2ccccn2)cc1. The van der Waals surface area contributed by atoms with Crippen molar-refractivity contribution in [3.8, 4) is 11.5 Å². The molecule has 0 bridgehead atoms. The van der Waals surface area contributed by atoms with E-state index in [9.17, 15) is 21.6 Å². The van der Waals surface area contributed by atoms with Gasteiger partial charge in [0, 0.05) is 18.0 Å². The fourth-order valence-corrected chi connectivity index (χ4v) is 6.33. The van der Waals surface area contributed by atoms with E-state index in [0.717, 1.165) is 4.31 Å². The van der Waals surface area contributed by atoms with E-state index in [2.05, 4.69) is 15.0 Å². The van der Waals surface area contributed by atoms with Gasteiger partial charge in [0.2, 0.25) is 5.91 Å². The minimum absolute atomic E-state index is 0.00709. The van der Waals surface area contributed by atoms with E-state index >= 15 is 0 Å². The molecule has 5 rings (SSSR count). The topological polar surface area (TPSA) is 144 Å². The van der Waals surface area contributed by atoms with Gasteiger partial charge in [0.1, 0.15) is 25.6 Å². The second-order valence-corrected chi connectivity index (χ2v) is 12.1. The standard InChI is InChI=1S/C27H24N4O7S2/c32-27(29-20-9-12-22(13-10-20)39(33,34)30-26-8-4-5-15-28-26)19-31(40(35,36)23-6-2-1-3-7-23)21-11-14-24-25(18-21)38-17-16-37-24/h1-15,18H,16-17,19H2,(H,28,30)(H,29,32). The molecular formula is C27H24N4O7S2. The summed E-state index contributed by atoms with van der Waals surface area (Å²) in [7, 11) is -8.05. The van der Waals surface area contributed by atoms with Crippen LogP contribution < -0.4 is 23.8 Å². The molecule has 0 spiro atoms. The lowest BCUT2D eigenvalue weighted by molar-refractivity contribution is -0.114. The van der Waals surface area contributed by atoms with E-state index in [1.54, 1.807) is 36.4 Å². The summed E-state index contributed by atoms with van der Waals surface area (Å²) in [5, 5.41) is 2.63. The molecule has 11 nitrogen and oxygen atoms in total. The summed E-state index contributed by atoms with van der Waals surface area (Å²) < 4.78 is 67.0. The van der Waals surface area contributed by atoms with Crippen LogP contribution in [0.15, 0.2) is 107 Å². The molecule has 0 fully saturated rings. The molecule has 0 unspecified atom stereocenters. The third-order valence-electron chi connectivity index (χ3n) is 5.78. The summed E-state index contributed by atoms with van der Waals surface area (Å²) in [5.74, 6) is 0.368. The molecule has 3 aromatic carbocycles. The molecule has 0 aliphatic carbocycles. The number of nitrogens with one attached hydrogen (secondary N) is 2. The summed E-state index contributed by atoms with van der Waals surface area (Å²) in [6.07, 6.45) is 1.46. The fourth-order valence-electron chi connectivity index (χ4n) is 3.89. The van der Waals surface area contributed by atoms with Crippen molar-refractivity contribution in [2.75, 3.05) is 34.1 Å². The van der Waals surface area contributed by atoms with E-state index in [1.807, 2.05) is 0 Å². The van der Waals surface area contributed by atoms with E-state index in [1.165, 1.54) is 60.8 Å². The van der Waals surface area contributed by atoms with Gasteiger partial charge in [-0.2, -0.15) is 0 Å². The van der Waals surface area contributed by atoms with Crippen LogP contribution in [-0.4, -0.2) is 47.5 Å². The third kappa shape index (κ3) is 6.00. The molecule has 4 aromatic rings. The average molecular weight is 581 g/mol. The number of carbonyl (C=O) groups excluding carboxylic acids is 1. The van der Waals surface area contributed by atoms with Gasteiger partial charge in [-0.1, -0.05) is 24.3 Å². The summed E-state index contributed by atoms with van der Waals surface area (Å²) in [6.45, 7) is 0.129. The highest BCUT2D eigenvalue weighted by Crippen LogP contribution is 2.35. The Hall–Kier alpha value is -4.62. The minimum atomic E-state index is -4.14. The number of anilines is 3. The first-order valence-electron chi connectivity index (χ1n) is 12.0. The Labute approximate surface area is 231 Å². The van der Waals surface area contributed by atoms with Crippen molar-refractivity contribution in [1.29, 1.82) is 0 Å². The van der Waals surface area contributed by atoms with Crippen LogP contribution in [0.3, 0.4) is 0 Å². The second-order valence-electron chi connectivity index (χ2n) is 8.55. The Morgan fingerprint density at radius 3 is 2.20 bits per heavy atom. The first kappa shape index (κ1) is 27.0. The lowest BCUT2D eigenvalue weighted by atomic mass is 10.2. The van der Waals surface area contributed by atoms with Crippen molar-refractivity contribution >= 4 is 43.1 Å². The van der Waals surface area contributed by atoms with Gasteiger partial charge < -0.3 is 14.8 Å². The van der Waals surface area contributed by atoms with Gasteiger partial charge in [0.15, 0.2) is 11.5 Å². The number of nitrogens with zero attached hydrogens (tertiary/aromatic N) is 2. The predicted molar refractivity (Wildman–Crippen MR) is 149 cm³/mol. The Morgan fingerprint density at radius 2 is 1.50 bits per heavy atom. The van der Waals surface area contributed by atoms with E-state index in [-0.39, 0.29) is 27.0 Å². The highest BCUT2D eigenvalue weighted by molar-refractivity contribution is 7.93. The number of amides is 1. The molecule has 0 saturated heterocycles. The van der Waals surface area contributed by atoms with Crippen LogP contribution in [0, 0.1) is 0 Å². The lowest BCUT2D eigenvalue weighted by Crippen LogP contribution is -2.38. The van der Waals surface area contributed by atoms with Gasteiger partial charge in [-0.05, 0) is 60.7 Å². The van der Waals surface area contributed by atoms with E-state index in [0.29, 0.717) is 24.7 Å². The van der Waals surface area contributed by atoms with Crippen molar-refractivity contribution in [3.05, 3.63) is 97.2 Å². The Balaban J connectivity index is 1.36. The Bertz CT molecular complexity index is 1720. The Morgan fingerprint density at radius 1 is 0.800 bits per heavy atom. The van der Waals surface area contributed by atoms with Gasteiger partial charge in [0.25, 0.3) is 20.0 Å². The van der Waals surface area contributed by atoms with Crippen LogP contribution in [0.25, 0.3) is 0 Å². The number of hydrogen-bond donors (Lipinski definition) is 2. The molecule has 1 aliphatic heterocycles. The maximum atomic E-state index is 13.6. The molecule has 0 saturated carbocycles. The summed E-state index contributed by atoms with van der Waals surface area (Å²) in [5.41, 5.74) is 0.492. The van der Waals surface area contributed by atoms with E-state index < -0.39 is 32.5 Å². The molecule has 2 N–H and O–H groups in total. The molecule has 1 aliphatic rings. The van der Waals surface area contributed by atoms with Gasteiger partial charge in [-0.3, -0.25) is 13.8 Å². The summed E-state index contributed by atoms with van der Waals surface area (Å²) in [4.78, 5) is 17.0. The highest BCUT2D eigenvalue weighted by atomic mass is 32.2. The Kier molecular flexibility index (Phi) is 7.58. The quantitative estimate of drug-likeness (QED) is 0.306. The average Bonchev–Trinajstić information content (AvgIpc) is 2.96. The molecular weight excluding hydrogens is 556 g/mol. The maximum Gasteiger partial charge on any atom is 0.264 e. The maximum absolute atomic E-state index is 13.6. The molecule has 1 amide bonds. The number of benzene rings is 3. The van der Waals surface area contributed by atoms with Crippen molar-refractivity contribution in [2.45, 2.75) is 9.79 Å². The number of carbonyl (C=O) groups is 1. The molecule has 0 radical (unpaired) electrons. The third-order valence-corrected chi connectivity index (χ3v) is 8.94. The number of sulfonamides is 2. The zero-order chi connectivity index (χ0) is 28.2. The zero-order valence-corrected chi connectivity index (χ0v) is 22.6. The normalized spacial score (nSPS) is 12.8. The number of hydrogen-bond acceptors (Lipinski definition) is 8. The number of fused-ring (bicyclic) bond motifs is 1. The van der Waals surface area contributed by atoms with Crippen LogP contribution in [-0.2, 0) is 24.8 Å². The molecule has 40 heavy (non-hydrogen) atoms. The van der Waals surface area contributed by atoms with Gasteiger partial charge >= 0.3 is 0 Å². The van der Waals surface area contributed by atoms with Crippen LogP contribution in [0.4, 0.5) is 17.2 Å². The van der Waals surface area contributed by atoms with Crippen molar-refractivity contribution in [2.24, 2.45) is 0 Å². The smallest absolute Gasteiger partial charge is 0.264 e. The second kappa shape index (κ2) is 11.2. The first-order chi connectivity index (χ1) is 19.2. The molecule has 1 aromatic heterocycles. The first-order valence-corrected chi connectivity index (χ1v) is 15.0. The number of ether oxygens (including phenoxy) is 2. The van der Waals surface area contributed by atoms with Gasteiger partial charge in [0.05, 0.1) is 15.5 Å². The lowest BCUT2D eigenvalue weighted by Gasteiger charge is -2.26. The predicted octanol–water partition coefficient (Wildman–Crippen LogP) is 3.49. The van der Waals surface area contributed by atoms with Gasteiger partial charge in [-0.25, -0.2) is 21.8 Å². The van der Waals surface area contributed by atoms with Crippen LogP contribution >= 0.6 is 0 Å². The minimum Gasteiger partial charge on any atom is -0.486 e. The highest BCUT2D eigenvalue weighted by Gasteiger charge is 2.28. The summed E-state index contributed by atoms with van der Waals surface area (Å²) in [6, 6.07) is 22.7.